The van der Waals surface area contributed by atoms with Gasteiger partial charge in [0.05, 0.1) is 11.4 Å². The maximum atomic E-state index is 12.7. The number of carbonyl (C=O) groups excluding carboxylic acids is 1. The molecule has 3 heterocycles. The quantitative estimate of drug-likeness (QED) is 0.650. The Morgan fingerprint density at radius 1 is 1.23 bits per heavy atom. The minimum absolute atomic E-state index is 0.0551. The average molecular weight is 370 g/mol. The minimum Gasteiger partial charge on any atom is -0.339 e. The van der Waals surface area contributed by atoms with E-state index in [4.69, 9.17) is 4.98 Å². The maximum Gasteiger partial charge on any atom is 0.254 e. The summed E-state index contributed by atoms with van der Waals surface area (Å²) in [5.74, 6) is 0.0668. The first-order chi connectivity index (χ1) is 12.3. The van der Waals surface area contributed by atoms with Crippen molar-refractivity contribution in [1.29, 1.82) is 0 Å². The molecule has 26 heavy (non-hydrogen) atoms. The smallest absolute Gasteiger partial charge is 0.254 e. The van der Waals surface area contributed by atoms with Crippen LogP contribution in [0.25, 0.3) is 5.65 Å². The minimum atomic E-state index is -0.0551. The fourth-order valence-electron chi connectivity index (χ4n) is 3.28. The highest BCUT2D eigenvalue weighted by Crippen LogP contribution is 2.29. The number of imidazole rings is 1. The molecule has 0 atom stereocenters. The highest BCUT2D eigenvalue weighted by molar-refractivity contribution is 7.07. The van der Waals surface area contributed by atoms with Crippen LogP contribution in [0.3, 0.4) is 0 Å². The Hall–Kier alpha value is -2.14. The average Bonchev–Trinajstić information content (AvgIpc) is 3.23. The molecule has 1 amide bonds. The Balaban J connectivity index is 2.09. The third-order valence-electron chi connectivity index (χ3n) is 4.68. The Morgan fingerprint density at radius 2 is 1.96 bits per heavy atom. The third-order valence-corrected chi connectivity index (χ3v) is 5.42. The van der Waals surface area contributed by atoms with Crippen molar-refractivity contribution in [2.45, 2.75) is 46.5 Å². The molecule has 0 saturated heterocycles. The number of fused-ring (bicyclic) bond motifs is 1. The van der Waals surface area contributed by atoms with Gasteiger partial charge in [0.2, 0.25) is 0 Å². The highest BCUT2D eigenvalue weighted by atomic mass is 32.1. The van der Waals surface area contributed by atoms with Gasteiger partial charge in [-0.05, 0) is 48.4 Å². The molecule has 0 aliphatic heterocycles. The second kappa shape index (κ2) is 7.23. The number of nitrogens with zero attached hydrogens (tertiary/aromatic N) is 3. The van der Waals surface area contributed by atoms with Crippen molar-refractivity contribution in [2.75, 3.05) is 13.1 Å². The lowest BCUT2D eigenvalue weighted by Crippen LogP contribution is -2.30. The van der Waals surface area contributed by atoms with E-state index in [1.54, 1.807) is 11.3 Å². The van der Waals surface area contributed by atoms with E-state index in [0.717, 1.165) is 17.8 Å². The Kier molecular flexibility index (Phi) is 5.19. The van der Waals surface area contributed by atoms with Gasteiger partial charge in [-0.15, -0.1) is 0 Å². The Labute approximate surface area is 159 Å². The maximum absolute atomic E-state index is 12.7. The van der Waals surface area contributed by atoms with E-state index in [1.807, 2.05) is 37.1 Å². The van der Waals surface area contributed by atoms with Gasteiger partial charge >= 0.3 is 0 Å². The number of hydrogen-bond donors (Lipinski definition) is 0. The van der Waals surface area contributed by atoms with Gasteiger partial charge in [0, 0.05) is 36.7 Å². The Morgan fingerprint density at radius 3 is 2.54 bits per heavy atom. The number of amides is 1. The Bertz CT molecular complexity index is 899. The number of hydrogen-bond acceptors (Lipinski definition) is 3. The number of carbonyl (C=O) groups is 1. The van der Waals surface area contributed by atoms with Crippen LogP contribution in [0, 0.1) is 0 Å². The number of thiophene rings is 1. The number of rotatable bonds is 5. The molecule has 0 fully saturated rings. The van der Waals surface area contributed by atoms with Crippen LogP contribution in [0.15, 0.2) is 35.2 Å². The van der Waals surface area contributed by atoms with E-state index >= 15 is 0 Å². The SMILES string of the molecule is CCN(CC)C(=O)c1ccn2c(Cc3ccsc3)c(C(C)(C)C)nc2c1. The number of pyridine rings is 1. The van der Waals surface area contributed by atoms with Gasteiger partial charge in [-0.3, -0.25) is 4.79 Å². The second-order valence-electron chi connectivity index (χ2n) is 7.59. The van der Waals surface area contributed by atoms with Crippen LogP contribution in [-0.4, -0.2) is 33.3 Å². The first-order valence-corrected chi connectivity index (χ1v) is 10.1. The van der Waals surface area contributed by atoms with Gasteiger partial charge in [-0.2, -0.15) is 11.3 Å². The molecule has 5 heteroatoms. The van der Waals surface area contributed by atoms with Gasteiger partial charge in [0.1, 0.15) is 5.65 Å². The summed E-state index contributed by atoms with van der Waals surface area (Å²) < 4.78 is 2.14. The van der Waals surface area contributed by atoms with Crippen LogP contribution < -0.4 is 0 Å². The van der Waals surface area contributed by atoms with Crippen molar-refractivity contribution in [3.8, 4) is 0 Å². The predicted octanol–water partition coefficient (Wildman–Crippen LogP) is 4.77. The molecule has 0 bridgehead atoms. The lowest BCUT2D eigenvalue weighted by atomic mass is 9.89. The predicted molar refractivity (Wildman–Crippen MR) is 108 cm³/mol. The van der Waals surface area contributed by atoms with Crippen LogP contribution >= 0.6 is 11.3 Å². The summed E-state index contributed by atoms with van der Waals surface area (Å²) in [4.78, 5) is 19.4. The van der Waals surface area contributed by atoms with Crippen LogP contribution in [0.5, 0.6) is 0 Å². The van der Waals surface area contributed by atoms with Gasteiger partial charge in [-0.1, -0.05) is 20.8 Å². The molecule has 0 N–H and O–H groups in total. The van der Waals surface area contributed by atoms with Gasteiger partial charge in [0.15, 0.2) is 0 Å². The molecule has 0 spiro atoms. The van der Waals surface area contributed by atoms with Crippen molar-refractivity contribution >= 4 is 22.9 Å². The van der Waals surface area contributed by atoms with Crippen LogP contribution in [0.4, 0.5) is 0 Å². The first-order valence-electron chi connectivity index (χ1n) is 9.17. The zero-order chi connectivity index (χ0) is 18.9. The molecule has 0 aromatic carbocycles. The monoisotopic (exact) mass is 369 g/mol. The molecule has 0 aliphatic rings. The lowest BCUT2D eigenvalue weighted by molar-refractivity contribution is 0.0773. The molecule has 3 rings (SSSR count). The molecule has 4 nitrogen and oxygen atoms in total. The summed E-state index contributed by atoms with van der Waals surface area (Å²) in [5.41, 5.74) is 5.09. The number of aromatic nitrogens is 2. The molecule has 0 aliphatic carbocycles. The largest absolute Gasteiger partial charge is 0.339 e. The van der Waals surface area contributed by atoms with E-state index in [0.29, 0.717) is 18.7 Å². The zero-order valence-corrected chi connectivity index (χ0v) is 17.1. The normalized spacial score (nSPS) is 11.9. The topological polar surface area (TPSA) is 37.6 Å². The zero-order valence-electron chi connectivity index (χ0n) is 16.2. The van der Waals surface area contributed by atoms with Crippen molar-refractivity contribution in [1.82, 2.24) is 14.3 Å². The van der Waals surface area contributed by atoms with Gasteiger partial charge in [-0.25, -0.2) is 4.98 Å². The van der Waals surface area contributed by atoms with E-state index in [-0.39, 0.29) is 11.3 Å². The second-order valence-corrected chi connectivity index (χ2v) is 8.37. The van der Waals surface area contributed by atoms with Crippen molar-refractivity contribution in [3.63, 3.8) is 0 Å². The summed E-state index contributed by atoms with van der Waals surface area (Å²) in [6.45, 7) is 12.0. The van der Waals surface area contributed by atoms with E-state index in [9.17, 15) is 4.79 Å². The first kappa shape index (κ1) is 18.6. The van der Waals surface area contributed by atoms with Crippen molar-refractivity contribution in [2.24, 2.45) is 0 Å². The van der Waals surface area contributed by atoms with Crippen molar-refractivity contribution in [3.05, 3.63) is 57.7 Å². The molecule has 0 radical (unpaired) electrons. The summed E-state index contributed by atoms with van der Waals surface area (Å²) >= 11 is 1.71. The molecule has 138 valence electrons. The molecule has 3 aromatic heterocycles. The molecular formula is C21H27N3OS. The fourth-order valence-corrected chi connectivity index (χ4v) is 3.95. The highest BCUT2D eigenvalue weighted by Gasteiger charge is 2.24. The third kappa shape index (κ3) is 3.54. The molecule has 0 saturated carbocycles. The van der Waals surface area contributed by atoms with Crippen LogP contribution in [-0.2, 0) is 11.8 Å². The van der Waals surface area contributed by atoms with Crippen LogP contribution in [0.1, 0.15) is 61.9 Å². The van der Waals surface area contributed by atoms with E-state index in [1.165, 1.54) is 11.3 Å². The molecular weight excluding hydrogens is 342 g/mol. The van der Waals surface area contributed by atoms with Crippen LogP contribution in [0.2, 0.25) is 0 Å². The van der Waals surface area contributed by atoms with E-state index in [2.05, 4.69) is 42.0 Å². The van der Waals surface area contributed by atoms with Crippen molar-refractivity contribution < 1.29 is 4.79 Å². The standard InChI is InChI=1S/C21H27N3OS/c1-6-23(7-2)20(25)16-8-10-24-17(12-15-9-11-26-14-15)19(21(3,4)5)22-18(24)13-16/h8-11,13-14H,6-7,12H2,1-5H3. The molecule has 3 aromatic rings. The van der Waals surface area contributed by atoms with E-state index < -0.39 is 0 Å². The van der Waals surface area contributed by atoms with Gasteiger partial charge < -0.3 is 9.30 Å². The summed E-state index contributed by atoms with van der Waals surface area (Å²) in [5, 5.41) is 4.29. The van der Waals surface area contributed by atoms with Gasteiger partial charge in [0.25, 0.3) is 5.91 Å². The summed E-state index contributed by atoms with van der Waals surface area (Å²) in [6.07, 6.45) is 2.84. The molecule has 0 unspecified atom stereocenters. The summed E-state index contributed by atoms with van der Waals surface area (Å²) in [6, 6.07) is 6.00. The fraction of sp³-hybridized carbons (Fsp3) is 0.429. The summed E-state index contributed by atoms with van der Waals surface area (Å²) in [7, 11) is 0. The lowest BCUT2D eigenvalue weighted by Gasteiger charge is -2.18.